The van der Waals surface area contributed by atoms with Crippen LogP contribution in [-0.4, -0.2) is 53.3 Å². The van der Waals surface area contributed by atoms with Gasteiger partial charge in [-0.2, -0.15) is 0 Å². The molecule has 30 heavy (non-hydrogen) atoms. The van der Waals surface area contributed by atoms with Crippen molar-refractivity contribution >= 4 is 11.8 Å². The normalized spacial score (nSPS) is 16.2. The Bertz CT molecular complexity index is 865. The molecule has 1 aliphatic heterocycles. The molecule has 2 heterocycles. The first-order valence-corrected chi connectivity index (χ1v) is 9.58. The van der Waals surface area contributed by atoms with E-state index in [-0.39, 0.29) is 31.8 Å². The smallest absolute Gasteiger partial charge is 0.341 e. The van der Waals surface area contributed by atoms with Crippen molar-refractivity contribution in [2.24, 2.45) is 0 Å². The highest BCUT2D eigenvalue weighted by molar-refractivity contribution is 5.97. The van der Waals surface area contributed by atoms with Gasteiger partial charge in [0.1, 0.15) is 6.04 Å². The van der Waals surface area contributed by atoms with Crippen LogP contribution in [0.4, 0.5) is 13.2 Å². The van der Waals surface area contributed by atoms with Gasteiger partial charge in [-0.25, -0.2) is 0 Å². The molecule has 1 N–H and O–H groups in total. The van der Waals surface area contributed by atoms with Gasteiger partial charge in [0.05, 0.1) is 17.4 Å². The van der Waals surface area contributed by atoms with Crippen LogP contribution < -0.4 is 5.32 Å². The van der Waals surface area contributed by atoms with Gasteiger partial charge < -0.3 is 10.2 Å². The summed E-state index contributed by atoms with van der Waals surface area (Å²) in [5.74, 6) is -0.791. The number of benzene rings is 1. The van der Waals surface area contributed by atoms with Gasteiger partial charge in [-0.1, -0.05) is 30.3 Å². The number of amides is 2. The van der Waals surface area contributed by atoms with Crippen LogP contribution in [0.1, 0.15) is 30.1 Å². The van der Waals surface area contributed by atoms with E-state index in [0.29, 0.717) is 5.56 Å². The summed E-state index contributed by atoms with van der Waals surface area (Å²) in [4.78, 5) is 30.7. The Morgan fingerprint density at radius 1 is 1.13 bits per heavy atom. The molecule has 0 spiro atoms. The Morgan fingerprint density at radius 3 is 2.37 bits per heavy atom. The van der Waals surface area contributed by atoms with Crippen LogP contribution >= 0.6 is 0 Å². The molecule has 6 nitrogen and oxygen atoms in total. The molecule has 2 amide bonds. The molecule has 1 aromatic heterocycles. The molecule has 0 radical (unpaired) electrons. The van der Waals surface area contributed by atoms with Crippen molar-refractivity contribution in [1.29, 1.82) is 0 Å². The molecule has 1 aromatic carbocycles. The lowest BCUT2D eigenvalue weighted by molar-refractivity contribution is -0.345. The van der Waals surface area contributed by atoms with Crippen LogP contribution in [0.2, 0.25) is 0 Å². The Hall–Kier alpha value is -2.94. The van der Waals surface area contributed by atoms with Gasteiger partial charge in [0.2, 0.25) is 5.91 Å². The fourth-order valence-electron chi connectivity index (χ4n) is 3.31. The minimum atomic E-state index is -4.68. The van der Waals surface area contributed by atoms with Crippen molar-refractivity contribution in [2.45, 2.75) is 38.3 Å². The maximum Gasteiger partial charge on any atom is 0.522 e. The first-order valence-electron chi connectivity index (χ1n) is 9.58. The van der Waals surface area contributed by atoms with Gasteiger partial charge in [-0.15, -0.1) is 13.2 Å². The van der Waals surface area contributed by atoms with Crippen molar-refractivity contribution in [1.82, 2.24) is 15.2 Å². The number of piperidine rings is 1. The van der Waals surface area contributed by atoms with Crippen LogP contribution in [0, 0.1) is 0 Å². The predicted molar refractivity (Wildman–Crippen MR) is 103 cm³/mol. The van der Waals surface area contributed by atoms with E-state index in [2.05, 4.69) is 15.0 Å². The topological polar surface area (TPSA) is 71.5 Å². The second kappa shape index (κ2) is 9.25. The summed E-state index contributed by atoms with van der Waals surface area (Å²) in [7, 11) is 0. The van der Waals surface area contributed by atoms with Crippen molar-refractivity contribution < 1.29 is 27.5 Å². The lowest BCUT2D eigenvalue weighted by Crippen LogP contribution is -2.50. The number of ether oxygens (including phenoxy) is 1. The van der Waals surface area contributed by atoms with Crippen LogP contribution in [0.15, 0.2) is 48.7 Å². The van der Waals surface area contributed by atoms with Crippen molar-refractivity contribution in [2.75, 3.05) is 13.1 Å². The molecule has 1 saturated heterocycles. The first kappa shape index (κ1) is 21.8. The van der Waals surface area contributed by atoms with Gasteiger partial charge in [0.15, 0.2) is 0 Å². The molecule has 0 saturated carbocycles. The maximum absolute atomic E-state index is 12.5. The number of carbonyl (C=O) groups excluding carboxylic acids is 2. The van der Waals surface area contributed by atoms with Crippen LogP contribution in [0.25, 0.3) is 11.3 Å². The third-order valence-corrected chi connectivity index (χ3v) is 4.87. The standard InChI is InChI=1S/C21H22F3N3O3/c1-14(20(29)27-11-9-17(10-12-27)30-21(22,23)24)26-19(28)16-7-8-18(25-13-16)15-5-3-2-4-6-15/h2-8,13-14,17H,9-12H2,1H3,(H,26,28)/t14-/m0/s1. The minimum absolute atomic E-state index is 0.0940. The number of hydrogen-bond donors (Lipinski definition) is 1. The van der Waals surface area contributed by atoms with Crippen LogP contribution in [0.3, 0.4) is 0 Å². The van der Waals surface area contributed by atoms with E-state index in [0.717, 1.165) is 11.3 Å². The highest BCUT2D eigenvalue weighted by Crippen LogP contribution is 2.24. The van der Waals surface area contributed by atoms with E-state index in [1.54, 1.807) is 19.1 Å². The average Bonchev–Trinajstić information content (AvgIpc) is 2.73. The number of rotatable bonds is 5. The summed E-state index contributed by atoms with van der Waals surface area (Å²) in [6, 6.07) is 12.0. The number of aromatic nitrogens is 1. The molecule has 160 valence electrons. The van der Waals surface area contributed by atoms with Gasteiger partial charge in [0, 0.05) is 24.8 Å². The van der Waals surface area contributed by atoms with E-state index >= 15 is 0 Å². The zero-order valence-electron chi connectivity index (χ0n) is 16.4. The number of nitrogens with zero attached hydrogens (tertiary/aromatic N) is 2. The fourth-order valence-corrected chi connectivity index (χ4v) is 3.31. The third-order valence-electron chi connectivity index (χ3n) is 4.87. The molecule has 1 aliphatic rings. The molecule has 3 rings (SSSR count). The Morgan fingerprint density at radius 2 is 1.80 bits per heavy atom. The van der Waals surface area contributed by atoms with E-state index in [1.165, 1.54) is 11.1 Å². The lowest BCUT2D eigenvalue weighted by atomic mass is 10.1. The highest BCUT2D eigenvalue weighted by atomic mass is 19.4. The quantitative estimate of drug-likeness (QED) is 0.804. The molecule has 9 heteroatoms. The molecule has 0 unspecified atom stereocenters. The number of alkyl halides is 3. The number of likely N-dealkylation sites (tertiary alicyclic amines) is 1. The predicted octanol–water partition coefficient (Wildman–Crippen LogP) is 3.39. The SMILES string of the molecule is C[C@H](NC(=O)c1ccc(-c2ccccc2)nc1)C(=O)N1CCC(OC(F)(F)F)CC1. The third kappa shape index (κ3) is 5.79. The van der Waals surface area contributed by atoms with Crippen molar-refractivity contribution in [3.05, 3.63) is 54.2 Å². The summed E-state index contributed by atoms with van der Waals surface area (Å²) in [6.45, 7) is 1.84. The minimum Gasteiger partial charge on any atom is -0.341 e. The molecule has 1 fully saturated rings. The van der Waals surface area contributed by atoms with Gasteiger partial charge in [-0.05, 0) is 31.9 Å². The molecule has 0 bridgehead atoms. The average molecular weight is 421 g/mol. The Labute approximate surface area is 172 Å². The summed E-state index contributed by atoms with van der Waals surface area (Å²) < 4.78 is 40.9. The molecular weight excluding hydrogens is 399 g/mol. The van der Waals surface area contributed by atoms with Crippen LogP contribution in [0.5, 0.6) is 0 Å². The van der Waals surface area contributed by atoms with Crippen molar-refractivity contribution in [3.63, 3.8) is 0 Å². The second-order valence-corrected chi connectivity index (χ2v) is 7.08. The number of nitrogens with one attached hydrogen (secondary N) is 1. The summed E-state index contributed by atoms with van der Waals surface area (Å²) in [5.41, 5.74) is 1.96. The number of halogens is 3. The second-order valence-electron chi connectivity index (χ2n) is 7.08. The molecule has 0 aliphatic carbocycles. The van der Waals surface area contributed by atoms with E-state index < -0.39 is 24.4 Å². The Balaban J connectivity index is 1.52. The van der Waals surface area contributed by atoms with Gasteiger partial charge >= 0.3 is 6.36 Å². The summed E-state index contributed by atoms with van der Waals surface area (Å²) in [6.07, 6.45) is -4.00. The fraction of sp³-hybridized carbons (Fsp3) is 0.381. The maximum atomic E-state index is 12.5. The number of carbonyl (C=O) groups is 2. The molecule has 1 atom stereocenters. The molecular formula is C21H22F3N3O3. The lowest BCUT2D eigenvalue weighted by Gasteiger charge is -2.33. The van der Waals surface area contributed by atoms with Gasteiger partial charge in [0.25, 0.3) is 5.91 Å². The van der Waals surface area contributed by atoms with E-state index in [9.17, 15) is 22.8 Å². The number of pyridine rings is 1. The van der Waals surface area contributed by atoms with E-state index in [1.807, 2.05) is 30.3 Å². The first-order chi connectivity index (χ1) is 14.2. The summed E-state index contributed by atoms with van der Waals surface area (Å²) in [5, 5.41) is 2.62. The molecule has 2 aromatic rings. The van der Waals surface area contributed by atoms with Gasteiger partial charge in [-0.3, -0.25) is 19.3 Å². The largest absolute Gasteiger partial charge is 0.522 e. The van der Waals surface area contributed by atoms with E-state index in [4.69, 9.17) is 0 Å². The highest BCUT2D eigenvalue weighted by Gasteiger charge is 2.36. The number of hydrogen-bond acceptors (Lipinski definition) is 4. The van der Waals surface area contributed by atoms with Crippen LogP contribution in [-0.2, 0) is 9.53 Å². The zero-order chi connectivity index (χ0) is 21.7. The summed E-state index contributed by atoms with van der Waals surface area (Å²) >= 11 is 0. The monoisotopic (exact) mass is 421 g/mol. The van der Waals surface area contributed by atoms with Crippen molar-refractivity contribution in [3.8, 4) is 11.3 Å². The zero-order valence-corrected chi connectivity index (χ0v) is 16.4. The Kier molecular flexibility index (Phi) is 6.71.